The zero-order chi connectivity index (χ0) is 19.3. The fourth-order valence-corrected chi connectivity index (χ4v) is 3.54. The standard InChI is InChI=1S/C24H24N2O2/c1-26-23(25-22-15-6-5-14-21(22)24(26)27)19-12-7-13-20(17-19)28-16-8-11-18-9-3-2-4-10-18/h2-7,9-10,12-15,17,23,25H,8,11,16H2,1H3. The molecule has 4 rings (SSSR count). The van der Waals surface area contributed by atoms with Gasteiger partial charge in [-0.05, 0) is 48.2 Å². The number of nitrogens with one attached hydrogen (secondary N) is 1. The molecule has 1 aliphatic rings. The van der Waals surface area contributed by atoms with Crippen molar-refractivity contribution in [3.8, 4) is 5.75 Å². The van der Waals surface area contributed by atoms with E-state index in [9.17, 15) is 4.79 Å². The second kappa shape index (κ2) is 8.17. The van der Waals surface area contributed by atoms with Crippen LogP contribution in [0.1, 0.15) is 34.1 Å². The molecule has 1 unspecified atom stereocenters. The number of anilines is 1. The number of aryl methyl sites for hydroxylation is 1. The maximum Gasteiger partial charge on any atom is 0.257 e. The molecule has 1 aliphatic heterocycles. The van der Waals surface area contributed by atoms with Crippen molar-refractivity contribution in [3.63, 3.8) is 0 Å². The van der Waals surface area contributed by atoms with Crippen molar-refractivity contribution in [1.29, 1.82) is 0 Å². The Kier molecular flexibility index (Phi) is 5.29. The van der Waals surface area contributed by atoms with E-state index >= 15 is 0 Å². The maximum atomic E-state index is 12.7. The van der Waals surface area contributed by atoms with Gasteiger partial charge in [0, 0.05) is 12.7 Å². The normalized spacial score (nSPS) is 15.7. The van der Waals surface area contributed by atoms with Gasteiger partial charge < -0.3 is 15.0 Å². The van der Waals surface area contributed by atoms with E-state index in [1.807, 2.05) is 61.6 Å². The highest BCUT2D eigenvalue weighted by molar-refractivity contribution is 6.01. The van der Waals surface area contributed by atoms with E-state index in [1.165, 1.54) is 5.56 Å². The van der Waals surface area contributed by atoms with Crippen molar-refractivity contribution in [1.82, 2.24) is 4.90 Å². The number of hydrogen-bond donors (Lipinski definition) is 1. The number of ether oxygens (including phenoxy) is 1. The third-order valence-electron chi connectivity index (χ3n) is 5.05. The van der Waals surface area contributed by atoms with Gasteiger partial charge in [0.25, 0.3) is 5.91 Å². The number of para-hydroxylation sites is 1. The molecule has 0 spiro atoms. The van der Waals surface area contributed by atoms with E-state index in [-0.39, 0.29) is 12.1 Å². The van der Waals surface area contributed by atoms with E-state index < -0.39 is 0 Å². The van der Waals surface area contributed by atoms with Crippen LogP contribution in [0.4, 0.5) is 5.69 Å². The van der Waals surface area contributed by atoms with E-state index in [1.54, 1.807) is 4.90 Å². The SMILES string of the molecule is CN1C(=O)c2ccccc2NC1c1cccc(OCCCc2ccccc2)c1. The first-order valence-corrected chi connectivity index (χ1v) is 9.62. The van der Waals surface area contributed by atoms with Crippen LogP contribution >= 0.6 is 0 Å². The summed E-state index contributed by atoms with van der Waals surface area (Å²) in [5.41, 5.74) is 3.90. The molecular weight excluding hydrogens is 348 g/mol. The van der Waals surface area contributed by atoms with Crippen molar-refractivity contribution in [2.75, 3.05) is 19.0 Å². The number of amides is 1. The van der Waals surface area contributed by atoms with Crippen molar-refractivity contribution in [2.24, 2.45) is 0 Å². The predicted molar refractivity (Wildman–Crippen MR) is 112 cm³/mol. The largest absolute Gasteiger partial charge is 0.494 e. The minimum absolute atomic E-state index is 0.0218. The van der Waals surface area contributed by atoms with Crippen LogP contribution in [0.5, 0.6) is 5.75 Å². The van der Waals surface area contributed by atoms with E-state index in [2.05, 4.69) is 29.6 Å². The summed E-state index contributed by atoms with van der Waals surface area (Å²) in [7, 11) is 1.82. The first-order chi connectivity index (χ1) is 13.7. The molecule has 1 amide bonds. The minimum Gasteiger partial charge on any atom is -0.494 e. The van der Waals surface area contributed by atoms with Crippen LogP contribution in [0, 0.1) is 0 Å². The fourth-order valence-electron chi connectivity index (χ4n) is 3.54. The Hall–Kier alpha value is -3.27. The molecule has 4 heteroatoms. The summed E-state index contributed by atoms with van der Waals surface area (Å²) < 4.78 is 5.96. The summed E-state index contributed by atoms with van der Waals surface area (Å²) in [4.78, 5) is 14.4. The highest BCUT2D eigenvalue weighted by Crippen LogP contribution is 2.32. The van der Waals surface area contributed by atoms with Gasteiger partial charge >= 0.3 is 0 Å². The molecule has 3 aromatic carbocycles. The molecule has 1 atom stereocenters. The lowest BCUT2D eigenvalue weighted by atomic mass is 10.0. The van der Waals surface area contributed by atoms with Gasteiger partial charge in [-0.1, -0.05) is 54.6 Å². The minimum atomic E-state index is -0.213. The first kappa shape index (κ1) is 18.1. The predicted octanol–water partition coefficient (Wildman–Crippen LogP) is 4.89. The van der Waals surface area contributed by atoms with Gasteiger partial charge in [-0.25, -0.2) is 0 Å². The Morgan fingerprint density at radius 3 is 2.61 bits per heavy atom. The summed E-state index contributed by atoms with van der Waals surface area (Å²) in [5.74, 6) is 0.848. The van der Waals surface area contributed by atoms with Crippen LogP contribution in [-0.2, 0) is 6.42 Å². The average Bonchev–Trinajstić information content (AvgIpc) is 2.75. The quantitative estimate of drug-likeness (QED) is 0.626. The van der Waals surface area contributed by atoms with Gasteiger partial charge in [0.1, 0.15) is 11.9 Å². The van der Waals surface area contributed by atoms with Crippen LogP contribution in [-0.4, -0.2) is 24.5 Å². The number of carbonyl (C=O) groups is 1. The smallest absolute Gasteiger partial charge is 0.257 e. The number of rotatable bonds is 6. The zero-order valence-corrected chi connectivity index (χ0v) is 16.0. The van der Waals surface area contributed by atoms with Crippen molar-refractivity contribution in [3.05, 3.63) is 95.6 Å². The maximum absolute atomic E-state index is 12.7. The number of benzene rings is 3. The summed E-state index contributed by atoms with van der Waals surface area (Å²) in [6, 6.07) is 26.0. The van der Waals surface area contributed by atoms with E-state index in [4.69, 9.17) is 4.74 Å². The van der Waals surface area contributed by atoms with Gasteiger partial charge in [-0.15, -0.1) is 0 Å². The van der Waals surface area contributed by atoms with Crippen molar-refractivity contribution in [2.45, 2.75) is 19.0 Å². The number of fused-ring (bicyclic) bond motifs is 1. The third kappa shape index (κ3) is 3.86. The lowest BCUT2D eigenvalue weighted by Gasteiger charge is -2.35. The van der Waals surface area contributed by atoms with E-state index in [0.29, 0.717) is 12.2 Å². The monoisotopic (exact) mass is 372 g/mol. The topological polar surface area (TPSA) is 41.6 Å². The summed E-state index contributed by atoms with van der Waals surface area (Å²) in [6.45, 7) is 0.661. The Labute approximate surface area is 165 Å². The highest BCUT2D eigenvalue weighted by atomic mass is 16.5. The molecular formula is C24H24N2O2. The molecule has 0 saturated heterocycles. The Morgan fingerprint density at radius 1 is 0.964 bits per heavy atom. The summed E-state index contributed by atoms with van der Waals surface area (Å²) in [6.07, 6.45) is 1.75. The van der Waals surface area contributed by atoms with Crippen LogP contribution < -0.4 is 10.1 Å². The van der Waals surface area contributed by atoms with Gasteiger partial charge in [0.05, 0.1) is 12.2 Å². The molecule has 0 saturated carbocycles. The number of carbonyl (C=O) groups excluding carboxylic acids is 1. The molecule has 0 fully saturated rings. The molecule has 0 radical (unpaired) electrons. The molecule has 4 nitrogen and oxygen atoms in total. The van der Waals surface area contributed by atoms with Gasteiger partial charge in [0.15, 0.2) is 0 Å². The molecule has 1 N–H and O–H groups in total. The lowest BCUT2D eigenvalue weighted by Crippen LogP contribution is -2.40. The molecule has 142 valence electrons. The Balaban J connectivity index is 1.41. The van der Waals surface area contributed by atoms with Crippen LogP contribution in [0.3, 0.4) is 0 Å². The summed E-state index contributed by atoms with van der Waals surface area (Å²) in [5, 5.41) is 3.46. The summed E-state index contributed by atoms with van der Waals surface area (Å²) >= 11 is 0. The average molecular weight is 372 g/mol. The molecule has 0 bridgehead atoms. The second-order valence-electron chi connectivity index (χ2n) is 7.02. The van der Waals surface area contributed by atoms with Crippen molar-refractivity contribution >= 4 is 11.6 Å². The Bertz CT molecular complexity index is 956. The molecule has 0 aliphatic carbocycles. The van der Waals surface area contributed by atoms with E-state index in [0.717, 1.165) is 29.8 Å². The van der Waals surface area contributed by atoms with Crippen LogP contribution in [0.15, 0.2) is 78.9 Å². The Morgan fingerprint density at radius 2 is 1.75 bits per heavy atom. The number of nitrogens with zero attached hydrogens (tertiary/aromatic N) is 1. The lowest BCUT2D eigenvalue weighted by molar-refractivity contribution is 0.0735. The zero-order valence-electron chi connectivity index (χ0n) is 16.0. The second-order valence-corrected chi connectivity index (χ2v) is 7.02. The van der Waals surface area contributed by atoms with Gasteiger partial charge in [-0.3, -0.25) is 4.79 Å². The molecule has 3 aromatic rings. The van der Waals surface area contributed by atoms with Gasteiger partial charge in [-0.2, -0.15) is 0 Å². The first-order valence-electron chi connectivity index (χ1n) is 9.62. The third-order valence-corrected chi connectivity index (χ3v) is 5.05. The highest BCUT2D eigenvalue weighted by Gasteiger charge is 2.29. The van der Waals surface area contributed by atoms with Crippen LogP contribution in [0.2, 0.25) is 0 Å². The molecule has 1 heterocycles. The molecule has 28 heavy (non-hydrogen) atoms. The fraction of sp³-hybridized carbons (Fsp3) is 0.208. The van der Waals surface area contributed by atoms with Gasteiger partial charge in [0.2, 0.25) is 0 Å². The number of hydrogen-bond acceptors (Lipinski definition) is 3. The molecule has 0 aromatic heterocycles. The van der Waals surface area contributed by atoms with Crippen LogP contribution in [0.25, 0.3) is 0 Å². The van der Waals surface area contributed by atoms with Crippen molar-refractivity contribution < 1.29 is 9.53 Å².